The number of benzene rings is 1. The lowest BCUT2D eigenvalue weighted by Crippen LogP contribution is -2.13. The van der Waals surface area contributed by atoms with Crippen LogP contribution in [0.15, 0.2) is 23.6 Å². The molecule has 0 aliphatic carbocycles. The molecule has 0 atom stereocenters. The molecular formula is C13H14N2OS. The van der Waals surface area contributed by atoms with E-state index in [4.69, 9.17) is 5.73 Å². The maximum atomic E-state index is 10.8. The summed E-state index contributed by atoms with van der Waals surface area (Å²) in [7, 11) is 0. The molecule has 88 valence electrons. The Bertz CT molecular complexity index is 560. The van der Waals surface area contributed by atoms with Crippen molar-refractivity contribution in [2.75, 3.05) is 0 Å². The Balaban J connectivity index is 2.30. The molecular weight excluding hydrogens is 232 g/mol. The lowest BCUT2D eigenvalue weighted by molar-refractivity contribution is -0.117. The van der Waals surface area contributed by atoms with Crippen LogP contribution in [0.2, 0.25) is 0 Å². The second kappa shape index (κ2) is 4.67. The zero-order valence-corrected chi connectivity index (χ0v) is 10.7. The summed E-state index contributed by atoms with van der Waals surface area (Å²) < 4.78 is 0. The minimum Gasteiger partial charge on any atom is -0.369 e. The van der Waals surface area contributed by atoms with Crippen LogP contribution in [0.1, 0.15) is 16.1 Å². The summed E-state index contributed by atoms with van der Waals surface area (Å²) in [6.07, 6.45) is 0.218. The molecule has 4 heteroatoms. The number of aryl methyl sites for hydroxylation is 2. The fourth-order valence-corrected chi connectivity index (χ4v) is 2.39. The van der Waals surface area contributed by atoms with E-state index >= 15 is 0 Å². The maximum absolute atomic E-state index is 10.8. The standard InChI is InChI=1S/C13H14N2OS/c1-8-3-4-10(5-9(8)2)11-7-17-13(15-11)6-12(14)16/h3-5,7H,6H2,1-2H3,(H2,14,16). The van der Waals surface area contributed by atoms with E-state index < -0.39 is 0 Å². The zero-order valence-electron chi connectivity index (χ0n) is 9.86. The van der Waals surface area contributed by atoms with E-state index in [2.05, 4.69) is 31.0 Å². The van der Waals surface area contributed by atoms with E-state index in [1.165, 1.54) is 22.5 Å². The Kier molecular flexibility index (Phi) is 3.24. The SMILES string of the molecule is Cc1ccc(-c2csc(CC(N)=O)n2)cc1C. The molecule has 0 bridgehead atoms. The van der Waals surface area contributed by atoms with Crippen molar-refractivity contribution in [1.29, 1.82) is 0 Å². The number of thiazole rings is 1. The van der Waals surface area contributed by atoms with Gasteiger partial charge in [0.2, 0.25) is 5.91 Å². The number of hydrogen-bond acceptors (Lipinski definition) is 3. The lowest BCUT2D eigenvalue weighted by atomic mass is 10.1. The molecule has 0 aliphatic rings. The van der Waals surface area contributed by atoms with E-state index in [-0.39, 0.29) is 12.3 Å². The highest BCUT2D eigenvalue weighted by Crippen LogP contribution is 2.24. The van der Waals surface area contributed by atoms with Crippen LogP contribution in [-0.2, 0) is 11.2 Å². The number of nitrogens with zero attached hydrogens (tertiary/aromatic N) is 1. The highest BCUT2D eigenvalue weighted by atomic mass is 32.1. The van der Waals surface area contributed by atoms with Crippen molar-refractivity contribution in [2.45, 2.75) is 20.3 Å². The van der Waals surface area contributed by atoms with E-state index in [1.807, 2.05) is 11.4 Å². The van der Waals surface area contributed by atoms with Crippen molar-refractivity contribution in [2.24, 2.45) is 5.73 Å². The van der Waals surface area contributed by atoms with Gasteiger partial charge in [-0.3, -0.25) is 4.79 Å². The van der Waals surface area contributed by atoms with Gasteiger partial charge in [0.1, 0.15) is 5.01 Å². The minimum atomic E-state index is -0.342. The van der Waals surface area contributed by atoms with Crippen molar-refractivity contribution < 1.29 is 4.79 Å². The third kappa shape index (κ3) is 2.71. The average Bonchev–Trinajstić information content (AvgIpc) is 2.69. The third-order valence-corrected chi connectivity index (χ3v) is 3.53. The molecule has 2 N–H and O–H groups in total. The maximum Gasteiger partial charge on any atom is 0.224 e. The molecule has 1 amide bonds. The van der Waals surface area contributed by atoms with Crippen LogP contribution < -0.4 is 5.73 Å². The summed E-state index contributed by atoms with van der Waals surface area (Å²) in [4.78, 5) is 15.2. The third-order valence-electron chi connectivity index (χ3n) is 2.68. The monoisotopic (exact) mass is 246 g/mol. The first-order valence-corrected chi connectivity index (χ1v) is 6.24. The topological polar surface area (TPSA) is 56.0 Å². The van der Waals surface area contributed by atoms with Gasteiger partial charge in [-0.15, -0.1) is 11.3 Å². The molecule has 2 rings (SSSR count). The molecule has 2 aromatic rings. The van der Waals surface area contributed by atoms with Gasteiger partial charge in [0.05, 0.1) is 12.1 Å². The summed E-state index contributed by atoms with van der Waals surface area (Å²) >= 11 is 1.47. The number of nitrogens with two attached hydrogens (primary N) is 1. The number of rotatable bonds is 3. The number of aromatic nitrogens is 1. The number of carbonyl (C=O) groups is 1. The second-order valence-corrected chi connectivity index (χ2v) is 5.01. The zero-order chi connectivity index (χ0) is 12.4. The van der Waals surface area contributed by atoms with Gasteiger partial charge in [-0.05, 0) is 31.0 Å². The van der Waals surface area contributed by atoms with Gasteiger partial charge < -0.3 is 5.73 Å². The normalized spacial score (nSPS) is 10.5. The van der Waals surface area contributed by atoms with Gasteiger partial charge in [0, 0.05) is 10.9 Å². The first kappa shape index (κ1) is 11.8. The molecule has 0 unspecified atom stereocenters. The predicted octanol–water partition coefficient (Wildman–Crippen LogP) is 2.45. The predicted molar refractivity (Wildman–Crippen MR) is 69.9 cm³/mol. The van der Waals surface area contributed by atoms with Crippen LogP contribution in [0.5, 0.6) is 0 Å². The summed E-state index contributed by atoms with van der Waals surface area (Å²) in [5.74, 6) is -0.342. The smallest absolute Gasteiger partial charge is 0.224 e. The minimum absolute atomic E-state index is 0.218. The first-order chi connectivity index (χ1) is 8.06. The largest absolute Gasteiger partial charge is 0.369 e. The molecule has 0 aliphatic heterocycles. The van der Waals surface area contributed by atoms with Crippen molar-refractivity contribution >= 4 is 17.2 Å². The second-order valence-electron chi connectivity index (χ2n) is 4.07. The first-order valence-electron chi connectivity index (χ1n) is 5.36. The van der Waals surface area contributed by atoms with Crippen LogP contribution in [-0.4, -0.2) is 10.9 Å². The van der Waals surface area contributed by atoms with Gasteiger partial charge in [0.25, 0.3) is 0 Å². The van der Waals surface area contributed by atoms with Crippen LogP contribution >= 0.6 is 11.3 Å². The van der Waals surface area contributed by atoms with Crippen LogP contribution in [0.4, 0.5) is 0 Å². The van der Waals surface area contributed by atoms with Gasteiger partial charge >= 0.3 is 0 Å². The van der Waals surface area contributed by atoms with Crippen LogP contribution in [0.3, 0.4) is 0 Å². The molecule has 1 aromatic heterocycles. The Labute approximate surface area is 104 Å². The van der Waals surface area contributed by atoms with E-state index in [1.54, 1.807) is 0 Å². The Morgan fingerprint density at radius 2 is 2.12 bits per heavy atom. The quantitative estimate of drug-likeness (QED) is 0.904. The molecule has 3 nitrogen and oxygen atoms in total. The molecule has 17 heavy (non-hydrogen) atoms. The van der Waals surface area contributed by atoms with Crippen molar-refractivity contribution in [1.82, 2.24) is 4.98 Å². The highest BCUT2D eigenvalue weighted by molar-refractivity contribution is 7.10. The van der Waals surface area contributed by atoms with Crippen LogP contribution in [0, 0.1) is 13.8 Å². The highest BCUT2D eigenvalue weighted by Gasteiger charge is 2.07. The molecule has 1 heterocycles. The average molecular weight is 246 g/mol. The number of hydrogen-bond donors (Lipinski definition) is 1. The number of amides is 1. The van der Waals surface area contributed by atoms with Crippen LogP contribution in [0.25, 0.3) is 11.3 Å². The Hall–Kier alpha value is -1.68. The fourth-order valence-electron chi connectivity index (χ4n) is 1.57. The molecule has 0 fully saturated rings. The van der Waals surface area contributed by atoms with E-state index in [0.717, 1.165) is 16.3 Å². The molecule has 0 spiro atoms. The molecule has 0 radical (unpaired) electrons. The van der Waals surface area contributed by atoms with Gasteiger partial charge in [-0.1, -0.05) is 12.1 Å². The summed E-state index contributed by atoms with van der Waals surface area (Å²) in [5, 5.41) is 2.73. The lowest BCUT2D eigenvalue weighted by Gasteiger charge is -2.02. The fraction of sp³-hybridized carbons (Fsp3) is 0.231. The van der Waals surface area contributed by atoms with Gasteiger partial charge in [-0.25, -0.2) is 4.98 Å². The number of primary amides is 1. The van der Waals surface area contributed by atoms with Crippen molar-refractivity contribution in [3.63, 3.8) is 0 Å². The van der Waals surface area contributed by atoms with E-state index in [9.17, 15) is 4.79 Å². The Morgan fingerprint density at radius 3 is 2.76 bits per heavy atom. The molecule has 0 saturated carbocycles. The van der Waals surface area contributed by atoms with Crippen molar-refractivity contribution in [3.05, 3.63) is 39.7 Å². The van der Waals surface area contributed by atoms with E-state index in [0.29, 0.717) is 0 Å². The number of carbonyl (C=O) groups excluding carboxylic acids is 1. The van der Waals surface area contributed by atoms with Gasteiger partial charge in [0.15, 0.2) is 0 Å². The molecule has 0 saturated heterocycles. The Morgan fingerprint density at radius 1 is 1.35 bits per heavy atom. The summed E-state index contributed by atoms with van der Waals surface area (Å²) in [6.45, 7) is 4.16. The summed E-state index contributed by atoms with van der Waals surface area (Å²) in [6, 6.07) is 6.24. The van der Waals surface area contributed by atoms with Gasteiger partial charge in [-0.2, -0.15) is 0 Å². The molecule has 1 aromatic carbocycles. The summed E-state index contributed by atoms with van der Waals surface area (Å²) in [5.41, 5.74) is 9.65. The van der Waals surface area contributed by atoms with Crippen molar-refractivity contribution in [3.8, 4) is 11.3 Å².